The number of nitrogens with zero attached hydrogens (tertiary/aromatic N) is 2. The van der Waals surface area contributed by atoms with E-state index in [1.54, 1.807) is 5.57 Å². The molecule has 0 radical (unpaired) electrons. The molecule has 0 amide bonds. The highest BCUT2D eigenvalue weighted by atomic mass is 15.2. The second kappa shape index (κ2) is 13.7. The van der Waals surface area contributed by atoms with Crippen molar-refractivity contribution in [1.82, 2.24) is 4.57 Å². The molecule has 2 atom stereocenters. The fourth-order valence-electron chi connectivity index (χ4n) is 8.84. The zero-order chi connectivity index (χ0) is 33.3. The molecule has 3 aromatic carbocycles. The molecule has 248 valence electrons. The number of anilines is 1. The van der Waals surface area contributed by atoms with Crippen LogP contribution >= 0.6 is 0 Å². The Morgan fingerprint density at radius 1 is 0.620 bits per heavy atom. The maximum absolute atomic E-state index is 2.62. The summed E-state index contributed by atoms with van der Waals surface area (Å²) in [6.07, 6.45) is 39.6. The van der Waals surface area contributed by atoms with E-state index in [1.165, 1.54) is 86.5 Å². The Kier molecular flexibility index (Phi) is 8.46. The fourth-order valence-corrected chi connectivity index (χ4v) is 8.84. The van der Waals surface area contributed by atoms with Crippen LogP contribution in [-0.4, -0.2) is 10.6 Å². The van der Waals surface area contributed by atoms with Crippen LogP contribution in [0.15, 0.2) is 145 Å². The third kappa shape index (κ3) is 5.92. The van der Waals surface area contributed by atoms with Crippen LogP contribution in [-0.2, 0) is 0 Å². The minimum Gasteiger partial charge on any atom is -0.338 e. The van der Waals surface area contributed by atoms with E-state index in [0.717, 1.165) is 44.4 Å². The molecule has 1 heterocycles. The maximum Gasteiger partial charge on any atom is 0.0577 e. The van der Waals surface area contributed by atoms with Crippen molar-refractivity contribution < 1.29 is 0 Å². The molecule has 0 aliphatic heterocycles. The lowest BCUT2D eigenvalue weighted by Crippen LogP contribution is -2.41. The lowest BCUT2D eigenvalue weighted by Gasteiger charge is -2.35. The van der Waals surface area contributed by atoms with Gasteiger partial charge < -0.3 is 9.47 Å². The van der Waals surface area contributed by atoms with Gasteiger partial charge in [0.1, 0.15) is 0 Å². The highest BCUT2D eigenvalue weighted by molar-refractivity contribution is 5.85. The summed E-state index contributed by atoms with van der Waals surface area (Å²) in [5.41, 5.74) is 12.4. The molecule has 0 N–H and O–H groups in total. The Labute approximate surface area is 296 Å². The number of hydrogen-bond acceptors (Lipinski definition) is 1. The average molecular weight is 651 g/mol. The van der Waals surface area contributed by atoms with Gasteiger partial charge in [-0.25, -0.2) is 0 Å². The summed E-state index contributed by atoms with van der Waals surface area (Å²) in [6, 6.07) is 27.9. The standard InChI is InChI=1S/C48H46N2/c1-4-12-35(13-5-1)37-20-22-38(23-21-37)40-24-28-42(29-25-40)49(41-16-8-3-9-17-41)44-32-33-46-45-18-10-11-19-47(45)50(48(46)34-44)43-30-26-39(27-31-43)36-14-6-2-7-15-36/h1-4,6,8,10-11,14,16,18-20,22,24-31,33-35,44H,5,7,9,12-13,15,17,21,23,32H2. The summed E-state index contributed by atoms with van der Waals surface area (Å²) in [6.45, 7) is 0. The first-order valence-corrected chi connectivity index (χ1v) is 18.9. The summed E-state index contributed by atoms with van der Waals surface area (Å²) < 4.78 is 2.49. The molecule has 4 aromatic rings. The van der Waals surface area contributed by atoms with Gasteiger partial charge in [0.2, 0.25) is 0 Å². The van der Waals surface area contributed by atoms with Crippen molar-refractivity contribution in [2.45, 2.75) is 70.3 Å². The van der Waals surface area contributed by atoms with Gasteiger partial charge in [-0.05, 0) is 135 Å². The van der Waals surface area contributed by atoms with Crippen molar-refractivity contribution in [3.63, 3.8) is 0 Å². The summed E-state index contributed by atoms with van der Waals surface area (Å²) >= 11 is 0. The number of fused-ring (bicyclic) bond motifs is 3. The molecule has 0 bridgehead atoms. The summed E-state index contributed by atoms with van der Waals surface area (Å²) in [5.74, 6) is 0.741. The Hall–Kier alpha value is -5.08. The normalized spacial score (nSPS) is 21.4. The number of allylic oxidation sites excluding steroid dienone is 14. The molecule has 9 rings (SSSR count). The molecule has 0 saturated heterocycles. The largest absolute Gasteiger partial charge is 0.338 e. The van der Waals surface area contributed by atoms with E-state index >= 15 is 0 Å². The summed E-state index contributed by atoms with van der Waals surface area (Å²) in [4.78, 5) is 2.62. The van der Waals surface area contributed by atoms with Crippen molar-refractivity contribution >= 4 is 39.9 Å². The highest BCUT2D eigenvalue weighted by Gasteiger charge is 2.25. The van der Waals surface area contributed by atoms with Crippen molar-refractivity contribution in [3.05, 3.63) is 167 Å². The van der Waals surface area contributed by atoms with E-state index in [4.69, 9.17) is 0 Å². The molecule has 0 fully saturated rings. The quantitative estimate of drug-likeness (QED) is 0.181. The van der Waals surface area contributed by atoms with Gasteiger partial charge in [0.25, 0.3) is 0 Å². The Morgan fingerprint density at radius 2 is 1.40 bits per heavy atom. The van der Waals surface area contributed by atoms with E-state index in [-0.39, 0.29) is 6.04 Å². The van der Waals surface area contributed by atoms with Gasteiger partial charge >= 0.3 is 0 Å². The Balaban J connectivity index is 1.08. The molecule has 0 saturated carbocycles. The van der Waals surface area contributed by atoms with Crippen LogP contribution in [0.3, 0.4) is 0 Å². The summed E-state index contributed by atoms with van der Waals surface area (Å²) in [5, 5.41) is 3.98. The van der Waals surface area contributed by atoms with E-state index in [9.17, 15) is 0 Å². The van der Waals surface area contributed by atoms with Crippen LogP contribution in [0.2, 0.25) is 0 Å². The van der Waals surface area contributed by atoms with Crippen molar-refractivity contribution in [1.29, 1.82) is 0 Å². The van der Waals surface area contributed by atoms with Gasteiger partial charge in [-0.3, -0.25) is 0 Å². The van der Waals surface area contributed by atoms with Gasteiger partial charge in [0.15, 0.2) is 0 Å². The smallest absolute Gasteiger partial charge is 0.0577 e. The van der Waals surface area contributed by atoms with Crippen LogP contribution in [0.4, 0.5) is 5.69 Å². The molecule has 2 unspecified atom stereocenters. The SMILES string of the molecule is C1=CCCC(c2ccc(-n3c4c(c5ccccc53)=CCC(N(C3=CC=CCC3)c3ccc(C5=CC=C(C6CC=CCC6)CC5)cc3)C=4)cc2)=C1. The topological polar surface area (TPSA) is 8.17 Å². The second-order valence-electron chi connectivity index (χ2n) is 14.5. The van der Waals surface area contributed by atoms with E-state index in [1.807, 2.05) is 0 Å². The second-order valence-corrected chi connectivity index (χ2v) is 14.5. The predicted molar refractivity (Wildman–Crippen MR) is 213 cm³/mol. The third-order valence-corrected chi connectivity index (χ3v) is 11.5. The summed E-state index contributed by atoms with van der Waals surface area (Å²) in [7, 11) is 0. The minimum atomic E-state index is 0.219. The third-order valence-electron chi connectivity index (χ3n) is 11.5. The van der Waals surface area contributed by atoms with Gasteiger partial charge in [-0.2, -0.15) is 0 Å². The first kappa shape index (κ1) is 30.9. The molecule has 2 heteroatoms. The fraction of sp³-hybridized carbons (Fsp3) is 0.250. The lowest BCUT2D eigenvalue weighted by atomic mass is 9.81. The monoisotopic (exact) mass is 650 g/mol. The van der Waals surface area contributed by atoms with Crippen molar-refractivity contribution in [2.75, 3.05) is 4.90 Å². The highest BCUT2D eigenvalue weighted by Crippen LogP contribution is 2.36. The number of para-hydroxylation sites is 1. The van der Waals surface area contributed by atoms with Gasteiger partial charge in [-0.1, -0.05) is 109 Å². The first-order chi connectivity index (χ1) is 24.8. The average Bonchev–Trinajstić information content (AvgIpc) is 3.53. The molecular weight excluding hydrogens is 605 g/mol. The Morgan fingerprint density at radius 3 is 2.12 bits per heavy atom. The lowest BCUT2D eigenvalue weighted by molar-refractivity contribution is 0.534. The van der Waals surface area contributed by atoms with Crippen LogP contribution in [0, 0.1) is 5.92 Å². The van der Waals surface area contributed by atoms with E-state index in [0.29, 0.717) is 0 Å². The van der Waals surface area contributed by atoms with Gasteiger partial charge in [0.05, 0.1) is 16.9 Å². The van der Waals surface area contributed by atoms with Crippen molar-refractivity contribution in [2.24, 2.45) is 5.92 Å². The molecule has 1 aromatic heterocycles. The minimum absolute atomic E-state index is 0.219. The number of hydrogen-bond donors (Lipinski definition) is 0. The zero-order valence-corrected chi connectivity index (χ0v) is 29.0. The predicted octanol–water partition coefficient (Wildman–Crippen LogP) is 10.9. The number of rotatable bonds is 7. The van der Waals surface area contributed by atoms with Crippen LogP contribution in [0.5, 0.6) is 0 Å². The van der Waals surface area contributed by atoms with Crippen LogP contribution in [0.1, 0.15) is 75.3 Å². The van der Waals surface area contributed by atoms with Crippen LogP contribution in [0.25, 0.3) is 39.9 Å². The molecule has 2 nitrogen and oxygen atoms in total. The zero-order valence-electron chi connectivity index (χ0n) is 29.0. The van der Waals surface area contributed by atoms with E-state index in [2.05, 4.69) is 155 Å². The van der Waals surface area contributed by atoms with Gasteiger partial charge in [0, 0.05) is 27.7 Å². The van der Waals surface area contributed by atoms with Crippen LogP contribution < -0.4 is 15.5 Å². The number of aromatic nitrogens is 1. The Bertz CT molecular complexity index is 2260. The molecule has 50 heavy (non-hydrogen) atoms. The first-order valence-electron chi connectivity index (χ1n) is 18.9. The van der Waals surface area contributed by atoms with E-state index < -0.39 is 0 Å². The maximum atomic E-state index is 2.62. The molecular formula is C48H46N2. The molecule has 5 aliphatic rings. The number of benzene rings is 3. The van der Waals surface area contributed by atoms with Crippen molar-refractivity contribution in [3.8, 4) is 5.69 Å². The molecule has 0 spiro atoms. The van der Waals surface area contributed by atoms with Gasteiger partial charge in [-0.15, -0.1) is 0 Å². The molecule has 5 aliphatic carbocycles.